The second kappa shape index (κ2) is 6.26. The number of hydrogen-bond acceptors (Lipinski definition) is 6. The van der Waals surface area contributed by atoms with Crippen molar-refractivity contribution in [1.82, 2.24) is 10.3 Å². The van der Waals surface area contributed by atoms with Gasteiger partial charge in [-0.1, -0.05) is 0 Å². The Kier molecular flexibility index (Phi) is 5.24. The summed E-state index contributed by atoms with van der Waals surface area (Å²) in [4.78, 5) is 15.8. The number of carbonyl (C=O) groups excluding carboxylic acids is 1. The highest BCUT2D eigenvalue weighted by atomic mass is 32.2. The normalized spacial score (nSPS) is 15.1. The number of nitrogens with zero attached hydrogens (tertiary/aromatic N) is 1. The van der Waals surface area contributed by atoms with Gasteiger partial charge in [0.25, 0.3) is 0 Å². The van der Waals surface area contributed by atoms with E-state index in [9.17, 15) is 13.2 Å². The van der Waals surface area contributed by atoms with Crippen LogP contribution in [0.15, 0.2) is 11.6 Å². The highest BCUT2D eigenvalue weighted by molar-refractivity contribution is 7.90. The summed E-state index contributed by atoms with van der Waals surface area (Å²) in [6.07, 6.45) is 2.90. The summed E-state index contributed by atoms with van der Waals surface area (Å²) in [5.41, 5.74) is 5.63. The van der Waals surface area contributed by atoms with Crippen LogP contribution < -0.4 is 11.1 Å². The van der Waals surface area contributed by atoms with Crippen LogP contribution in [0, 0.1) is 0 Å². The van der Waals surface area contributed by atoms with Crippen molar-refractivity contribution < 1.29 is 13.2 Å². The molecule has 0 radical (unpaired) electrons. The van der Waals surface area contributed by atoms with Gasteiger partial charge in [0.2, 0.25) is 5.91 Å². The smallest absolute Gasteiger partial charge is 0.237 e. The molecule has 2 unspecified atom stereocenters. The van der Waals surface area contributed by atoms with Crippen LogP contribution in [0.25, 0.3) is 0 Å². The van der Waals surface area contributed by atoms with Crippen LogP contribution in [-0.4, -0.2) is 37.4 Å². The minimum Gasteiger partial charge on any atom is -0.346 e. The lowest BCUT2D eigenvalue weighted by Crippen LogP contribution is -2.42. The van der Waals surface area contributed by atoms with Crippen LogP contribution in [-0.2, 0) is 14.6 Å². The van der Waals surface area contributed by atoms with Crippen molar-refractivity contribution in [1.29, 1.82) is 0 Å². The number of nitrogens with one attached hydrogen (secondary N) is 1. The van der Waals surface area contributed by atoms with Gasteiger partial charge in [-0.05, 0) is 13.3 Å². The maximum atomic E-state index is 11.7. The summed E-state index contributed by atoms with van der Waals surface area (Å²) in [6, 6.07) is -1.04. The van der Waals surface area contributed by atoms with Crippen LogP contribution >= 0.6 is 11.3 Å². The molecule has 0 aromatic carbocycles. The Morgan fingerprint density at radius 3 is 2.78 bits per heavy atom. The zero-order chi connectivity index (χ0) is 13.8. The molecule has 0 aliphatic rings. The van der Waals surface area contributed by atoms with Crippen LogP contribution in [0.3, 0.4) is 0 Å². The monoisotopic (exact) mass is 291 g/mol. The van der Waals surface area contributed by atoms with E-state index < -0.39 is 15.9 Å². The molecule has 1 aromatic heterocycles. The Balaban J connectivity index is 2.45. The van der Waals surface area contributed by atoms with Gasteiger partial charge >= 0.3 is 0 Å². The molecule has 0 saturated carbocycles. The molecule has 0 aliphatic carbocycles. The van der Waals surface area contributed by atoms with Gasteiger partial charge in [0.1, 0.15) is 14.8 Å². The average molecular weight is 291 g/mol. The first kappa shape index (κ1) is 15.1. The summed E-state index contributed by atoms with van der Waals surface area (Å²) >= 11 is 1.44. The van der Waals surface area contributed by atoms with Gasteiger partial charge in [0.05, 0.1) is 17.8 Å². The molecule has 8 heteroatoms. The van der Waals surface area contributed by atoms with E-state index in [1.165, 1.54) is 11.3 Å². The first-order valence-electron chi connectivity index (χ1n) is 5.42. The lowest BCUT2D eigenvalue weighted by Gasteiger charge is -2.15. The zero-order valence-electron chi connectivity index (χ0n) is 10.3. The van der Waals surface area contributed by atoms with E-state index in [1.54, 1.807) is 13.1 Å². The number of rotatable bonds is 6. The molecule has 1 aromatic rings. The number of hydrogen-bond donors (Lipinski definition) is 2. The van der Waals surface area contributed by atoms with E-state index in [0.29, 0.717) is 0 Å². The summed E-state index contributed by atoms with van der Waals surface area (Å²) < 4.78 is 21.9. The largest absolute Gasteiger partial charge is 0.346 e. The molecule has 0 spiro atoms. The van der Waals surface area contributed by atoms with Crippen molar-refractivity contribution in [3.8, 4) is 0 Å². The summed E-state index contributed by atoms with van der Waals surface area (Å²) in [6.45, 7) is 1.81. The van der Waals surface area contributed by atoms with Crippen LogP contribution in [0.1, 0.15) is 24.4 Å². The maximum absolute atomic E-state index is 11.7. The summed E-state index contributed by atoms with van der Waals surface area (Å²) in [7, 11) is -3.09. The molecule has 0 fully saturated rings. The molecular weight excluding hydrogens is 274 g/mol. The van der Waals surface area contributed by atoms with Crippen LogP contribution in [0.5, 0.6) is 0 Å². The number of aromatic nitrogens is 1. The minimum atomic E-state index is -3.09. The molecule has 3 N–H and O–H groups in total. The average Bonchev–Trinajstić information content (AvgIpc) is 2.77. The highest BCUT2D eigenvalue weighted by Crippen LogP contribution is 2.14. The Bertz CT molecular complexity index is 484. The number of nitrogens with two attached hydrogens (primary N) is 1. The molecule has 6 nitrogen and oxygen atoms in total. The highest BCUT2D eigenvalue weighted by Gasteiger charge is 2.19. The number of carbonyl (C=O) groups is 1. The fourth-order valence-electron chi connectivity index (χ4n) is 1.30. The number of thiazole rings is 1. The molecule has 1 rings (SSSR count). The molecular formula is C10H17N3O3S2. The molecule has 18 heavy (non-hydrogen) atoms. The zero-order valence-corrected chi connectivity index (χ0v) is 11.9. The van der Waals surface area contributed by atoms with Crippen molar-refractivity contribution in [3.05, 3.63) is 16.6 Å². The third-order valence-electron chi connectivity index (χ3n) is 2.32. The molecule has 1 heterocycles. The van der Waals surface area contributed by atoms with Gasteiger partial charge in [-0.25, -0.2) is 13.4 Å². The van der Waals surface area contributed by atoms with Gasteiger partial charge in [-0.15, -0.1) is 11.3 Å². The van der Waals surface area contributed by atoms with E-state index >= 15 is 0 Å². The van der Waals surface area contributed by atoms with Gasteiger partial charge in [0, 0.05) is 17.8 Å². The molecule has 0 saturated heterocycles. The minimum absolute atomic E-state index is 0.0901. The van der Waals surface area contributed by atoms with Crippen molar-refractivity contribution in [2.24, 2.45) is 5.73 Å². The number of amides is 1. The molecule has 1 amide bonds. The lowest BCUT2D eigenvalue weighted by atomic mass is 10.2. The topological polar surface area (TPSA) is 102 Å². The predicted octanol–water partition coefficient (Wildman–Crippen LogP) is 0.0823. The van der Waals surface area contributed by atoms with Crippen molar-refractivity contribution in [3.63, 3.8) is 0 Å². The van der Waals surface area contributed by atoms with E-state index in [4.69, 9.17) is 5.73 Å². The maximum Gasteiger partial charge on any atom is 0.237 e. The van der Waals surface area contributed by atoms with Gasteiger partial charge < -0.3 is 11.1 Å². The Hall–Kier alpha value is -0.990. The van der Waals surface area contributed by atoms with Crippen LogP contribution in [0.2, 0.25) is 0 Å². The Morgan fingerprint density at radius 1 is 1.61 bits per heavy atom. The standard InChI is InChI=1S/C10H17N3O3S2/c1-7(10-12-4-5-17-10)13-9(14)8(11)3-6-18(2,15)16/h4-5,7-8H,3,6,11H2,1-2H3,(H,13,14). The fourth-order valence-corrected chi connectivity index (χ4v) is 2.63. The first-order valence-corrected chi connectivity index (χ1v) is 8.36. The second-order valence-electron chi connectivity index (χ2n) is 4.13. The Labute approximate surface area is 111 Å². The van der Waals surface area contributed by atoms with Gasteiger partial charge in [-0.2, -0.15) is 0 Å². The Morgan fingerprint density at radius 2 is 2.28 bits per heavy atom. The number of sulfone groups is 1. The van der Waals surface area contributed by atoms with Crippen molar-refractivity contribution in [2.75, 3.05) is 12.0 Å². The van der Waals surface area contributed by atoms with Gasteiger partial charge in [-0.3, -0.25) is 4.79 Å². The molecule has 102 valence electrons. The molecule has 0 aliphatic heterocycles. The van der Waals surface area contributed by atoms with E-state index in [0.717, 1.165) is 11.3 Å². The SMILES string of the molecule is CC(NC(=O)C(N)CCS(C)(=O)=O)c1nccs1. The molecule has 2 atom stereocenters. The fraction of sp³-hybridized carbons (Fsp3) is 0.600. The van der Waals surface area contributed by atoms with E-state index in [1.807, 2.05) is 5.38 Å². The van der Waals surface area contributed by atoms with Crippen LogP contribution in [0.4, 0.5) is 0 Å². The quantitative estimate of drug-likeness (QED) is 0.773. The first-order chi connectivity index (χ1) is 8.29. The third-order valence-corrected chi connectivity index (χ3v) is 4.25. The molecule has 0 bridgehead atoms. The van der Waals surface area contributed by atoms with Gasteiger partial charge in [0.15, 0.2) is 0 Å². The predicted molar refractivity (Wildman–Crippen MR) is 71.0 cm³/mol. The van der Waals surface area contributed by atoms with Crippen molar-refractivity contribution in [2.45, 2.75) is 25.4 Å². The third kappa shape index (κ3) is 5.11. The second-order valence-corrected chi connectivity index (χ2v) is 7.31. The lowest BCUT2D eigenvalue weighted by molar-refractivity contribution is -0.123. The summed E-state index contributed by atoms with van der Waals surface area (Å²) in [5, 5.41) is 5.32. The van der Waals surface area contributed by atoms with E-state index in [-0.39, 0.29) is 24.1 Å². The van der Waals surface area contributed by atoms with E-state index in [2.05, 4.69) is 10.3 Å². The van der Waals surface area contributed by atoms with Crippen molar-refractivity contribution >= 4 is 27.1 Å². The summed E-state index contributed by atoms with van der Waals surface area (Å²) in [5.74, 6) is -0.450.